The maximum Gasteiger partial charge on any atom is 0.162 e. The van der Waals surface area contributed by atoms with Gasteiger partial charge in [0.2, 0.25) is 0 Å². The molecule has 1 aliphatic heterocycles. The van der Waals surface area contributed by atoms with Crippen LogP contribution in [0.25, 0.3) is 0 Å². The third-order valence-corrected chi connectivity index (χ3v) is 2.86. The van der Waals surface area contributed by atoms with E-state index in [9.17, 15) is 4.79 Å². The van der Waals surface area contributed by atoms with Crippen LogP contribution in [0.5, 0.6) is 0 Å². The van der Waals surface area contributed by atoms with Gasteiger partial charge in [-0.2, -0.15) is 0 Å². The smallest absolute Gasteiger partial charge is 0.162 e. The molecule has 0 aromatic rings. The Morgan fingerprint density at radius 2 is 2.00 bits per heavy atom. The first kappa shape index (κ1) is 8.79. The summed E-state index contributed by atoms with van der Waals surface area (Å²) in [5, 5.41) is 0. The van der Waals surface area contributed by atoms with E-state index in [1.807, 2.05) is 0 Å². The van der Waals surface area contributed by atoms with Gasteiger partial charge in [-0.15, -0.1) is 0 Å². The topological polar surface area (TPSA) is 26.3 Å². The van der Waals surface area contributed by atoms with Crippen molar-refractivity contribution in [2.45, 2.75) is 51.6 Å². The van der Waals surface area contributed by atoms with E-state index in [1.165, 1.54) is 0 Å². The van der Waals surface area contributed by atoms with Crippen molar-refractivity contribution in [3.8, 4) is 0 Å². The van der Waals surface area contributed by atoms with Crippen molar-refractivity contribution < 1.29 is 9.53 Å². The van der Waals surface area contributed by atoms with Gasteiger partial charge in [0, 0.05) is 18.4 Å². The van der Waals surface area contributed by atoms with Crippen LogP contribution in [0.4, 0.5) is 0 Å². The minimum Gasteiger partial charge on any atom is -0.492 e. The molecule has 0 radical (unpaired) electrons. The molecule has 0 amide bonds. The summed E-state index contributed by atoms with van der Waals surface area (Å²) in [4.78, 5) is 11.5. The van der Waals surface area contributed by atoms with Gasteiger partial charge in [-0.25, -0.2) is 0 Å². The first-order valence-corrected chi connectivity index (χ1v) is 5.03. The highest BCUT2D eigenvalue weighted by Gasteiger charge is 2.32. The van der Waals surface area contributed by atoms with Crippen LogP contribution in [0.1, 0.15) is 46.0 Å². The van der Waals surface area contributed by atoms with E-state index in [4.69, 9.17) is 4.74 Å². The molecule has 0 unspecified atom stereocenters. The van der Waals surface area contributed by atoms with Gasteiger partial charge in [0.1, 0.15) is 11.4 Å². The van der Waals surface area contributed by atoms with Gasteiger partial charge in [-0.05, 0) is 33.1 Å². The molecule has 2 aliphatic rings. The molecular formula is C11H16O2. The third-order valence-electron chi connectivity index (χ3n) is 2.86. The van der Waals surface area contributed by atoms with Gasteiger partial charge in [0.25, 0.3) is 0 Å². The van der Waals surface area contributed by atoms with Crippen LogP contribution in [-0.4, -0.2) is 11.4 Å². The van der Waals surface area contributed by atoms with Gasteiger partial charge >= 0.3 is 0 Å². The molecule has 0 aromatic heterocycles. The van der Waals surface area contributed by atoms with E-state index in [0.29, 0.717) is 5.78 Å². The largest absolute Gasteiger partial charge is 0.492 e. The second-order valence-corrected chi connectivity index (χ2v) is 4.54. The Labute approximate surface area is 79.0 Å². The van der Waals surface area contributed by atoms with Crippen LogP contribution < -0.4 is 0 Å². The molecule has 2 rings (SSSR count). The Balaban J connectivity index is 2.27. The second-order valence-electron chi connectivity index (χ2n) is 4.54. The predicted octanol–water partition coefficient (Wildman–Crippen LogP) is 2.58. The van der Waals surface area contributed by atoms with Gasteiger partial charge in [-0.3, -0.25) is 4.79 Å². The molecule has 0 spiro atoms. The quantitative estimate of drug-likeness (QED) is 0.572. The Kier molecular flexibility index (Phi) is 1.94. The molecule has 0 atom stereocenters. The van der Waals surface area contributed by atoms with Crippen LogP contribution in [0.15, 0.2) is 11.3 Å². The SMILES string of the molecule is CC1(C)CCC2=C(CCCC2=O)O1. The number of allylic oxidation sites excluding steroid dienone is 2. The summed E-state index contributed by atoms with van der Waals surface area (Å²) in [5.41, 5.74) is 0.918. The van der Waals surface area contributed by atoms with Crippen LogP contribution in [0, 0.1) is 0 Å². The van der Waals surface area contributed by atoms with Gasteiger partial charge in [-0.1, -0.05) is 0 Å². The van der Waals surface area contributed by atoms with Crippen molar-refractivity contribution in [1.82, 2.24) is 0 Å². The van der Waals surface area contributed by atoms with Crippen molar-refractivity contribution in [2.75, 3.05) is 0 Å². The van der Waals surface area contributed by atoms with Gasteiger partial charge in [0.15, 0.2) is 5.78 Å². The Hall–Kier alpha value is -0.790. The lowest BCUT2D eigenvalue weighted by Gasteiger charge is -2.35. The number of Topliss-reactive ketones (excluding diaryl/α,β-unsaturated/α-hetero) is 1. The van der Waals surface area contributed by atoms with Crippen LogP contribution >= 0.6 is 0 Å². The zero-order chi connectivity index (χ0) is 9.47. The zero-order valence-electron chi connectivity index (χ0n) is 8.35. The number of ketones is 1. The van der Waals surface area contributed by atoms with E-state index in [-0.39, 0.29) is 5.60 Å². The molecule has 0 saturated heterocycles. The molecule has 0 bridgehead atoms. The van der Waals surface area contributed by atoms with Crippen LogP contribution in [0.3, 0.4) is 0 Å². The lowest BCUT2D eigenvalue weighted by Crippen LogP contribution is -2.31. The lowest BCUT2D eigenvalue weighted by atomic mass is 9.86. The van der Waals surface area contributed by atoms with Crippen molar-refractivity contribution in [1.29, 1.82) is 0 Å². The van der Waals surface area contributed by atoms with E-state index < -0.39 is 0 Å². The van der Waals surface area contributed by atoms with Crippen molar-refractivity contribution in [3.05, 3.63) is 11.3 Å². The molecule has 1 aliphatic carbocycles. The van der Waals surface area contributed by atoms with E-state index >= 15 is 0 Å². The minimum atomic E-state index is -0.0591. The Morgan fingerprint density at radius 3 is 2.77 bits per heavy atom. The number of ether oxygens (including phenoxy) is 1. The van der Waals surface area contributed by atoms with Crippen molar-refractivity contribution in [3.63, 3.8) is 0 Å². The predicted molar refractivity (Wildman–Crippen MR) is 50.3 cm³/mol. The molecule has 2 heteroatoms. The average Bonchev–Trinajstić information content (AvgIpc) is 2.02. The standard InChI is InChI=1S/C11H16O2/c1-11(2)7-6-8-9(12)4-3-5-10(8)13-11/h3-7H2,1-2H3. The highest BCUT2D eigenvalue weighted by molar-refractivity contribution is 5.96. The van der Waals surface area contributed by atoms with E-state index in [0.717, 1.165) is 43.4 Å². The fraction of sp³-hybridized carbons (Fsp3) is 0.727. The first-order chi connectivity index (χ1) is 6.08. The van der Waals surface area contributed by atoms with E-state index in [2.05, 4.69) is 13.8 Å². The summed E-state index contributed by atoms with van der Waals surface area (Å²) in [6.07, 6.45) is 4.54. The Morgan fingerprint density at radius 1 is 1.23 bits per heavy atom. The molecule has 2 nitrogen and oxygen atoms in total. The number of carbonyl (C=O) groups is 1. The second kappa shape index (κ2) is 2.86. The number of hydrogen-bond donors (Lipinski definition) is 0. The maximum atomic E-state index is 11.5. The molecule has 1 heterocycles. The van der Waals surface area contributed by atoms with E-state index in [1.54, 1.807) is 0 Å². The molecule has 72 valence electrons. The molecule has 0 saturated carbocycles. The molecule has 0 N–H and O–H groups in total. The summed E-state index contributed by atoms with van der Waals surface area (Å²) < 4.78 is 5.81. The van der Waals surface area contributed by atoms with Gasteiger partial charge < -0.3 is 4.74 Å². The zero-order valence-corrected chi connectivity index (χ0v) is 8.35. The highest BCUT2D eigenvalue weighted by atomic mass is 16.5. The molecule has 0 aromatic carbocycles. The lowest BCUT2D eigenvalue weighted by molar-refractivity contribution is -0.117. The van der Waals surface area contributed by atoms with Crippen molar-refractivity contribution in [2.24, 2.45) is 0 Å². The number of hydrogen-bond acceptors (Lipinski definition) is 2. The summed E-state index contributed by atoms with van der Waals surface area (Å²) in [5.74, 6) is 1.30. The fourth-order valence-electron chi connectivity index (χ4n) is 2.07. The van der Waals surface area contributed by atoms with Crippen molar-refractivity contribution >= 4 is 5.78 Å². The highest BCUT2D eigenvalue weighted by Crippen LogP contribution is 2.36. The Bertz CT molecular complexity index is 274. The molecular weight excluding hydrogens is 164 g/mol. The fourth-order valence-corrected chi connectivity index (χ4v) is 2.07. The normalized spacial score (nSPS) is 26.8. The number of rotatable bonds is 0. The van der Waals surface area contributed by atoms with Gasteiger partial charge in [0.05, 0.1) is 0 Å². The summed E-state index contributed by atoms with van der Waals surface area (Å²) in [6.45, 7) is 4.19. The summed E-state index contributed by atoms with van der Waals surface area (Å²) in [6, 6.07) is 0. The average molecular weight is 180 g/mol. The monoisotopic (exact) mass is 180 g/mol. The molecule has 0 fully saturated rings. The third kappa shape index (κ3) is 1.62. The summed E-state index contributed by atoms with van der Waals surface area (Å²) >= 11 is 0. The number of carbonyl (C=O) groups excluding carboxylic acids is 1. The molecule has 13 heavy (non-hydrogen) atoms. The first-order valence-electron chi connectivity index (χ1n) is 5.03. The maximum absolute atomic E-state index is 11.5. The van der Waals surface area contributed by atoms with Crippen LogP contribution in [0.2, 0.25) is 0 Å². The summed E-state index contributed by atoms with van der Waals surface area (Å²) in [7, 11) is 0. The van der Waals surface area contributed by atoms with Crippen LogP contribution in [-0.2, 0) is 9.53 Å². The minimum absolute atomic E-state index is 0.0591.